The minimum atomic E-state index is -0.275. The van der Waals surface area contributed by atoms with Crippen LogP contribution >= 0.6 is 0 Å². The fourth-order valence-electron chi connectivity index (χ4n) is 1.81. The first-order valence-electron chi connectivity index (χ1n) is 4.96. The summed E-state index contributed by atoms with van der Waals surface area (Å²) in [5.74, 6) is -0.461. The van der Waals surface area contributed by atoms with E-state index in [9.17, 15) is 9.59 Å². The van der Waals surface area contributed by atoms with E-state index in [2.05, 4.69) is 0 Å². The second kappa shape index (κ2) is 3.50. The summed E-state index contributed by atoms with van der Waals surface area (Å²) >= 11 is 0. The SMILES string of the molecule is Cc1ccc(C2CC(=O)N(C)C2=O)cc1. The van der Waals surface area contributed by atoms with E-state index in [4.69, 9.17) is 0 Å². The molecule has 1 aromatic rings. The molecular weight excluding hydrogens is 190 g/mol. The molecular formula is C12H13NO2. The van der Waals surface area contributed by atoms with Crippen LogP contribution in [-0.4, -0.2) is 23.8 Å². The molecule has 1 atom stereocenters. The van der Waals surface area contributed by atoms with Gasteiger partial charge in [-0.2, -0.15) is 0 Å². The molecule has 1 aliphatic heterocycles. The highest BCUT2D eigenvalue weighted by atomic mass is 16.2. The molecule has 78 valence electrons. The van der Waals surface area contributed by atoms with Gasteiger partial charge in [0.05, 0.1) is 5.92 Å². The molecule has 1 saturated heterocycles. The van der Waals surface area contributed by atoms with E-state index in [-0.39, 0.29) is 17.7 Å². The van der Waals surface area contributed by atoms with Gasteiger partial charge in [0.2, 0.25) is 11.8 Å². The Morgan fingerprint density at radius 1 is 1.20 bits per heavy atom. The molecule has 3 heteroatoms. The van der Waals surface area contributed by atoms with Crippen molar-refractivity contribution in [1.29, 1.82) is 0 Å². The van der Waals surface area contributed by atoms with Crippen molar-refractivity contribution in [2.75, 3.05) is 7.05 Å². The van der Waals surface area contributed by atoms with Crippen LogP contribution in [-0.2, 0) is 9.59 Å². The third-order valence-corrected chi connectivity index (χ3v) is 2.86. The van der Waals surface area contributed by atoms with Gasteiger partial charge in [-0.05, 0) is 12.5 Å². The zero-order chi connectivity index (χ0) is 11.0. The van der Waals surface area contributed by atoms with E-state index in [1.54, 1.807) is 7.05 Å². The molecule has 1 aromatic carbocycles. The summed E-state index contributed by atoms with van der Waals surface area (Å²) in [5, 5.41) is 0. The van der Waals surface area contributed by atoms with Gasteiger partial charge in [0.1, 0.15) is 0 Å². The summed E-state index contributed by atoms with van der Waals surface area (Å²) in [6.07, 6.45) is 0.304. The quantitative estimate of drug-likeness (QED) is 0.648. The number of carbonyl (C=O) groups excluding carboxylic acids is 2. The van der Waals surface area contributed by atoms with Crippen molar-refractivity contribution in [1.82, 2.24) is 4.90 Å². The molecule has 0 saturated carbocycles. The first-order valence-corrected chi connectivity index (χ1v) is 4.96. The number of rotatable bonds is 1. The van der Waals surface area contributed by atoms with Gasteiger partial charge in [-0.15, -0.1) is 0 Å². The van der Waals surface area contributed by atoms with Gasteiger partial charge in [-0.25, -0.2) is 0 Å². The molecule has 1 fully saturated rings. The van der Waals surface area contributed by atoms with Crippen LogP contribution in [0.2, 0.25) is 0 Å². The Labute approximate surface area is 88.7 Å². The smallest absolute Gasteiger partial charge is 0.236 e. The summed E-state index contributed by atoms with van der Waals surface area (Å²) < 4.78 is 0. The van der Waals surface area contributed by atoms with Crippen molar-refractivity contribution < 1.29 is 9.59 Å². The third kappa shape index (κ3) is 1.65. The van der Waals surface area contributed by atoms with E-state index in [1.165, 1.54) is 4.90 Å². The van der Waals surface area contributed by atoms with Crippen LogP contribution in [0.3, 0.4) is 0 Å². The molecule has 1 aliphatic rings. The van der Waals surface area contributed by atoms with Crippen LogP contribution in [0, 0.1) is 6.92 Å². The third-order valence-electron chi connectivity index (χ3n) is 2.86. The van der Waals surface area contributed by atoms with Crippen molar-refractivity contribution in [2.24, 2.45) is 0 Å². The van der Waals surface area contributed by atoms with Crippen LogP contribution in [0.1, 0.15) is 23.5 Å². The van der Waals surface area contributed by atoms with Gasteiger partial charge in [-0.3, -0.25) is 14.5 Å². The van der Waals surface area contributed by atoms with Crippen LogP contribution < -0.4 is 0 Å². The van der Waals surface area contributed by atoms with E-state index in [0.29, 0.717) is 6.42 Å². The first-order chi connectivity index (χ1) is 7.09. The van der Waals surface area contributed by atoms with E-state index in [1.807, 2.05) is 31.2 Å². The molecule has 0 N–H and O–H groups in total. The lowest BCUT2D eigenvalue weighted by Crippen LogP contribution is -2.25. The number of carbonyl (C=O) groups is 2. The molecule has 0 spiro atoms. The predicted molar refractivity (Wildman–Crippen MR) is 56.3 cm³/mol. The molecule has 15 heavy (non-hydrogen) atoms. The summed E-state index contributed by atoms with van der Waals surface area (Å²) in [4.78, 5) is 24.3. The highest BCUT2D eigenvalue weighted by Crippen LogP contribution is 2.28. The number of amides is 2. The zero-order valence-electron chi connectivity index (χ0n) is 8.86. The van der Waals surface area contributed by atoms with Gasteiger partial charge < -0.3 is 0 Å². The van der Waals surface area contributed by atoms with Crippen molar-refractivity contribution in [3.05, 3.63) is 35.4 Å². The standard InChI is InChI=1S/C12H13NO2/c1-8-3-5-9(6-4-8)10-7-11(14)13(2)12(10)15/h3-6,10H,7H2,1-2H3. The molecule has 1 heterocycles. The zero-order valence-corrected chi connectivity index (χ0v) is 8.86. The number of nitrogens with zero attached hydrogens (tertiary/aromatic N) is 1. The number of hydrogen-bond donors (Lipinski definition) is 0. The van der Waals surface area contributed by atoms with Crippen LogP contribution in [0.25, 0.3) is 0 Å². The molecule has 2 amide bonds. The van der Waals surface area contributed by atoms with Gasteiger partial charge in [0.25, 0.3) is 0 Å². The van der Waals surface area contributed by atoms with Gasteiger partial charge in [-0.1, -0.05) is 29.8 Å². The van der Waals surface area contributed by atoms with Gasteiger partial charge in [0, 0.05) is 13.5 Å². The largest absolute Gasteiger partial charge is 0.285 e. The van der Waals surface area contributed by atoms with Crippen molar-refractivity contribution in [3.8, 4) is 0 Å². The Morgan fingerprint density at radius 2 is 1.80 bits per heavy atom. The number of hydrogen-bond acceptors (Lipinski definition) is 2. The average Bonchev–Trinajstić information content (AvgIpc) is 2.47. The molecule has 0 aromatic heterocycles. The van der Waals surface area contributed by atoms with Crippen molar-refractivity contribution >= 4 is 11.8 Å². The maximum Gasteiger partial charge on any atom is 0.236 e. The lowest BCUT2D eigenvalue weighted by Gasteiger charge is -2.09. The maximum absolute atomic E-state index is 11.7. The summed E-state index contributed by atoms with van der Waals surface area (Å²) in [7, 11) is 1.54. The first kappa shape index (κ1) is 9.90. The number of likely N-dealkylation sites (tertiary alicyclic amines) is 1. The highest BCUT2D eigenvalue weighted by molar-refractivity contribution is 6.05. The van der Waals surface area contributed by atoms with E-state index < -0.39 is 0 Å². The van der Waals surface area contributed by atoms with Gasteiger partial charge in [0.15, 0.2) is 0 Å². The molecule has 2 rings (SSSR count). The number of likely N-dealkylation sites (N-methyl/N-ethyl adjacent to an activating group) is 1. The fraction of sp³-hybridized carbons (Fsp3) is 0.333. The Balaban J connectivity index is 2.29. The summed E-state index contributed by atoms with van der Waals surface area (Å²) in [5.41, 5.74) is 2.09. The van der Waals surface area contributed by atoms with E-state index in [0.717, 1.165) is 11.1 Å². The highest BCUT2D eigenvalue weighted by Gasteiger charge is 2.36. The number of benzene rings is 1. The number of aryl methyl sites for hydroxylation is 1. The molecule has 3 nitrogen and oxygen atoms in total. The van der Waals surface area contributed by atoms with Crippen LogP contribution in [0.5, 0.6) is 0 Å². The van der Waals surface area contributed by atoms with Crippen molar-refractivity contribution in [2.45, 2.75) is 19.3 Å². The second-order valence-corrected chi connectivity index (χ2v) is 3.96. The monoisotopic (exact) mass is 203 g/mol. The summed E-state index contributed by atoms with van der Waals surface area (Å²) in [6, 6.07) is 7.77. The maximum atomic E-state index is 11.7. The minimum absolute atomic E-state index is 0.0921. The average molecular weight is 203 g/mol. The minimum Gasteiger partial charge on any atom is -0.285 e. The molecule has 0 bridgehead atoms. The van der Waals surface area contributed by atoms with Crippen LogP contribution in [0.15, 0.2) is 24.3 Å². The Morgan fingerprint density at radius 3 is 2.27 bits per heavy atom. The van der Waals surface area contributed by atoms with E-state index >= 15 is 0 Å². The van der Waals surface area contributed by atoms with Crippen molar-refractivity contribution in [3.63, 3.8) is 0 Å². The molecule has 0 aliphatic carbocycles. The summed E-state index contributed by atoms with van der Waals surface area (Å²) in [6.45, 7) is 2.00. The second-order valence-electron chi connectivity index (χ2n) is 3.96. The van der Waals surface area contributed by atoms with Gasteiger partial charge >= 0.3 is 0 Å². The fourth-order valence-corrected chi connectivity index (χ4v) is 1.81. The topological polar surface area (TPSA) is 37.4 Å². The number of imide groups is 1. The Kier molecular flexibility index (Phi) is 2.31. The molecule has 0 radical (unpaired) electrons. The van der Waals surface area contributed by atoms with Crippen LogP contribution in [0.4, 0.5) is 0 Å². The lowest BCUT2D eigenvalue weighted by atomic mass is 9.97. The Hall–Kier alpha value is -1.64. The normalized spacial score (nSPS) is 21.2. The Bertz CT molecular complexity index is 408. The lowest BCUT2D eigenvalue weighted by molar-refractivity contribution is -0.137. The predicted octanol–water partition coefficient (Wildman–Crippen LogP) is 1.47. The molecule has 1 unspecified atom stereocenters.